The minimum atomic E-state index is -0.662. The summed E-state index contributed by atoms with van der Waals surface area (Å²) in [5.74, 6) is -0.721. The van der Waals surface area contributed by atoms with E-state index in [4.69, 9.17) is 20.8 Å². The molecule has 3 aromatic rings. The number of rotatable bonds is 6. The fraction of sp³-hybridized carbons (Fsp3) is 0.300. The zero-order valence-electron chi connectivity index (χ0n) is 16.3. The third-order valence-electron chi connectivity index (χ3n) is 4.37. The Labute approximate surface area is 171 Å². The third-order valence-corrected chi connectivity index (χ3v) is 4.61. The number of halogens is 1. The van der Waals surface area contributed by atoms with Crippen LogP contribution in [0.3, 0.4) is 0 Å². The molecule has 8 nitrogen and oxygen atoms in total. The second-order valence-corrected chi connectivity index (χ2v) is 6.93. The molecule has 0 saturated carbocycles. The van der Waals surface area contributed by atoms with E-state index in [2.05, 4.69) is 4.98 Å². The summed E-state index contributed by atoms with van der Waals surface area (Å²) in [6.45, 7) is 3.49. The van der Waals surface area contributed by atoms with Gasteiger partial charge >= 0.3 is 5.97 Å². The number of furan rings is 1. The van der Waals surface area contributed by atoms with E-state index >= 15 is 0 Å². The van der Waals surface area contributed by atoms with Crippen molar-refractivity contribution in [2.75, 3.05) is 13.7 Å². The lowest BCUT2D eigenvalue weighted by Crippen LogP contribution is -2.34. The van der Waals surface area contributed by atoms with Crippen LogP contribution in [0.2, 0.25) is 5.02 Å². The smallest absolute Gasteiger partial charge is 0.342 e. The molecule has 1 aromatic carbocycles. The summed E-state index contributed by atoms with van der Waals surface area (Å²) < 4.78 is 11.6. The molecule has 0 unspecified atom stereocenters. The normalized spacial score (nSPS) is 10.9. The molecule has 0 aliphatic heterocycles. The summed E-state index contributed by atoms with van der Waals surface area (Å²) in [6.07, 6.45) is 1.23. The van der Waals surface area contributed by atoms with Gasteiger partial charge in [-0.2, -0.15) is 0 Å². The largest absolute Gasteiger partial charge is 0.462 e. The van der Waals surface area contributed by atoms with Crippen molar-refractivity contribution in [3.63, 3.8) is 0 Å². The summed E-state index contributed by atoms with van der Waals surface area (Å²) in [5.41, 5.74) is 0.392. The number of esters is 1. The van der Waals surface area contributed by atoms with Gasteiger partial charge in [0.1, 0.15) is 29.6 Å². The lowest BCUT2D eigenvalue weighted by atomic mass is 10.2. The van der Waals surface area contributed by atoms with E-state index in [1.807, 2.05) is 6.07 Å². The Kier molecular flexibility index (Phi) is 6.03. The summed E-state index contributed by atoms with van der Waals surface area (Å²) >= 11 is 5.97. The van der Waals surface area contributed by atoms with E-state index in [0.29, 0.717) is 11.6 Å². The topological polar surface area (TPSA) is 94.6 Å². The van der Waals surface area contributed by atoms with Crippen LogP contribution in [-0.4, -0.2) is 40.0 Å². The Hall–Kier alpha value is -3.13. The van der Waals surface area contributed by atoms with E-state index in [0.717, 1.165) is 10.1 Å². The predicted octanol–water partition coefficient (Wildman–Crippen LogP) is 2.79. The Morgan fingerprint density at radius 3 is 2.79 bits per heavy atom. The van der Waals surface area contributed by atoms with Crippen molar-refractivity contribution in [2.45, 2.75) is 26.9 Å². The van der Waals surface area contributed by atoms with Gasteiger partial charge in [0.15, 0.2) is 0 Å². The molecule has 0 fully saturated rings. The lowest BCUT2D eigenvalue weighted by Gasteiger charge is -2.18. The first-order chi connectivity index (χ1) is 13.8. The Morgan fingerprint density at radius 1 is 1.34 bits per heavy atom. The molecule has 0 radical (unpaired) electrons. The first kappa shape index (κ1) is 20.6. The number of hydrogen-bond acceptors (Lipinski definition) is 6. The van der Waals surface area contributed by atoms with Crippen LogP contribution in [0.1, 0.15) is 28.6 Å². The zero-order valence-corrected chi connectivity index (χ0v) is 17.0. The van der Waals surface area contributed by atoms with Crippen molar-refractivity contribution in [1.29, 1.82) is 0 Å². The molecule has 3 rings (SSSR count). The highest BCUT2D eigenvalue weighted by Crippen LogP contribution is 2.21. The highest BCUT2D eigenvalue weighted by Gasteiger charge is 2.24. The van der Waals surface area contributed by atoms with E-state index in [-0.39, 0.29) is 41.5 Å². The predicted molar refractivity (Wildman–Crippen MR) is 107 cm³/mol. The Bertz CT molecular complexity index is 1130. The average molecular weight is 418 g/mol. The van der Waals surface area contributed by atoms with E-state index in [1.54, 1.807) is 39.1 Å². The van der Waals surface area contributed by atoms with Crippen LogP contribution in [-0.2, 0) is 22.6 Å². The highest BCUT2D eigenvalue weighted by atomic mass is 35.5. The summed E-state index contributed by atoms with van der Waals surface area (Å²) in [6, 6.07) is 7.18. The van der Waals surface area contributed by atoms with Crippen molar-refractivity contribution < 1.29 is 18.7 Å². The molecule has 29 heavy (non-hydrogen) atoms. The quantitative estimate of drug-likeness (QED) is 0.572. The zero-order chi connectivity index (χ0) is 21.1. The van der Waals surface area contributed by atoms with Gasteiger partial charge in [0.05, 0.1) is 6.61 Å². The van der Waals surface area contributed by atoms with E-state index in [9.17, 15) is 14.4 Å². The number of carbonyl (C=O) groups excluding carboxylic acids is 2. The molecule has 152 valence electrons. The second kappa shape index (κ2) is 8.48. The fourth-order valence-electron chi connectivity index (χ4n) is 2.96. The SMILES string of the molecule is CCOC(=O)c1c(C)oc2ncn(CC(=O)N(C)Cc3cccc(Cl)c3)c(=O)c12. The van der Waals surface area contributed by atoms with E-state index in [1.165, 1.54) is 11.2 Å². The van der Waals surface area contributed by atoms with Crippen molar-refractivity contribution in [2.24, 2.45) is 0 Å². The van der Waals surface area contributed by atoms with Gasteiger partial charge < -0.3 is 14.1 Å². The number of amides is 1. The van der Waals surface area contributed by atoms with Gasteiger partial charge in [-0.05, 0) is 31.5 Å². The van der Waals surface area contributed by atoms with Crippen molar-refractivity contribution >= 4 is 34.6 Å². The third kappa shape index (κ3) is 4.32. The van der Waals surface area contributed by atoms with Crippen LogP contribution in [0.5, 0.6) is 0 Å². The molecule has 0 bridgehead atoms. The first-order valence-electron chi connectivity index (χ1n) is 8.95. The molecule has 0 atom stereocenters. The van der Waals surface area contributed by atoms with Gasteiger partial charge in [0.25, 0.3) is 5.56 Å². The molecule has 1 amide bonds. The minimum Gasteiger partial charge on any atom is -0.462 e. The number of hydrogen-bond donors (Lipinski definition) is 0. The number of fused-ring (bicyclic) bond motifs is 1. The van der Waals surface area contributed by atoms with Crippen molar-refractivity contribution in [1.82, 2.24) is 14.5 Å². The molecule has 0 aliphatic carbocycles. The first-order valence-corrected chi connectivity index (χ1v) is 9.33. The maximum atomic E-state index is 12.9. The fourth-order valence-corrected chi connectivity index (χ4v) is 3.18. The number of aryl methyl sites for hydroxylation is 1. The summed E-state index contributed by atoms with van der Waals surface area (Å²) in [4.78, 5) is 43.3. The Balaban J connectivity index is 1.87. The molecule has 0 aliphatic rings. The number of likely N-dealkylation sites (N-methyl/N-ethyl adjacent to an activating group) is 1. The Morgan fingerprint density at radius 2 is 2.10 bits per heavy atom. The molecular formula is C20H20ClN3O5. The average Bonchev–Trinajstić information content (AvgIpc) is 3.01. The summed E-state index contributed by atoms with van der Waals surface area (Å²) in [5, 5.41) is 0.588. The molecule has 0 N–H and O–H groups in total. The molecule has 0 saturated heterocycles. The van der Waals surface area contributed by atoms with Crippen LogP contribution in [0.25, 0.3) is 11.1 Å². The minimum absolute atomic E-state index is 0.00810. The highest BCUT2D eigenvalue weighted by molar-refractivity contribution is 6.30. The second-order valence-electron chi connectivity index (χ2n) is 6.49. The van der Waals surface area contributed by atoms with Gasteiger partial charge in [-0.1, -0.05) is 23.7 Å². The van der Waals surface area contributed by atoms with Gasteiger partial charge in [0, 0.05) is 18.6 Å². The number of carbonyl (C=O) groups is 2. The van der Waals surface area contributed by atoms with Gasteiger partial charge in [0.2, 0.25) is 11.6 Å². The van der Waals surface area contributed by atoms with Gasteiger partial charge in [-0.25, -0.2) is 9.78 Å². The van der Waals surface area contributed by atoms with E-state index < -0.39 is 11.5 Å². The molecule has 2 aromatic heterocycles. The van der Waals surface area contributed by atoms with Crippen LogP contribution < -0.4 is 5.56 Å². The standard InChI is InChI=1S/C20H20ClN3O5/c1-4-28-20(27)16-12(2)29-18-17(16)19(26)24(11-22-18)10-15(25)23(3)9-13-6-5-7-14(21)8-13/h5-8,11H,4,9-10H2,1-3H3. The molecule has 2 heterocycles. The molecular weight excluding hydrogens is 398 g/mol. The number of benzene rings is 1. The van der Waals surface area contributed by atoms with Crippen LogP contribution in [0.15, 0.2) is 39.8 Å². The molecule has 0 spiro atoms. The van der Waals surface area contributed by atoms with Crippen molar-refractivity contribution in [3.05, 3.63) is 62.9 Å². The maximum absolute atomic E-state index is 12.9. The van der Waals surface area contributed by atoms with Gasteiger partial charge in [-0.15, -0.1) is 0 Å². The van der Waals surface area contributed by atoms with Crippen LogP contribution in [0, 0.1) is 6.92 Å². The lowest BCUT2D eigenvalue weighted by molar-refractivity contribution is -0.131. The van der Waals surface area contributed by atoms with Crippen LogP contribution in [0.4, 0.5) is 0 Å². The van der Waals surface area contributed by atoms with Crippen molar-refractivity contribution in [3.8, 4) is 0 Å². The number of ether oxygens (including phenoxy) is 1. The number of aromatic nitrogens is 2. The van der Waals surface area contributed by atoms with Gasteiger partial charge in [-0.3, -0.25) is 14.2 Å². The monoisotopic (exact) mass is 417 g/mol. The molecule has 9 heteroatoms. The maximum Gasteiger partial charge on any atom is 0.342 e. The number of nitrogens with zero attached hydrogens (tertiary/aromatic N) is 3. The summed E-state index contributed by atoms with van der Waals surface area (Å²) in [7, 11) is 1.63. The van der Waals surface area contributed by atoms with Crippen LogP contribution >= 0.6 is 11.6 Å².